The maximum Gasteiger partial charge on any atom is 2.00 e. The fraction of sp³-hybridized carbons (Fsp3) is 1.00. The van der Waals surface area contributed by atoms with Gasteiger partial charge in [0.25, 0.3) is 0 Å². The van der Waals surface area contributed by atoms with E-state index in [4.69, 9.17) is 32.7 Å². The van der Waals surface area contributed by atoms with Crippen molar-refractivity contribution >= 4 is 57.8 Å². The molecule has 0 aromatic heterocycles. The summed E-state index contributed by atoms with van der Waals surface area (Å²) < 4.78 is 10.3. The molecule has 2 atom stereocenters. The van der Waals surface area contributed by atoms with E-state index in [0.29, 0.717) is 13.2 Å². The summed E-state index contributed by atoms with van der Waals surface area (Å²) in [5.74, 6) is 1.70. The molecule has 0 aliphatic rings. The van der Waals surface area contributed by atoms with Crippen molar-refractivity contribution < 1.29 is 35.3 Å². The molecule has 0 saturated carbocycles. The zero-order chi connectivity index (χ0) is 20.3. The van der Waals surface area contributed by atoms with Crippen LogP contribution in [-0.2, 0) is 49.2 Å². The van der Waals surface area contributed by atoms with Crippen LogP contribution in [0.5, 0.6) is 0 Å². The van der Waals surface area contributed by atoms with Crippen LogP contribution in [0.2, 0.25) is 0 Å². The first kappa shape index (κ1) is 34.0. The Balaban J connectivity index is -0.000000411. The van der Waals surface area contributed by atoms with Gasteiger partial charge >= 0.3 is 16.5 Å². The third-order valence-electron chi connectivity index (χ3n) is 2.99. The van der Waals surface area contributed by atoms with Crippen molar-refractivity contribution in [2.45, 2.75) is 79.1 Å². The van der Waals surface area contributed by atoms with Gasteiger partial charge in [-0.25, -0.2) is 0 Å². The Morgan fingerprint density at radius 2 is 0.963 bits per heavy atom. The number of hydrogen-bond acceptors (Lipinski definition) is 8. The van der Waals surface area contributed by atoms with E-state index in [-0.39, 0.29) is 16.5 Å². The first-order valence-corrected chi connectivity index (χ1v) is 17.9. The first-order chi connectivity index (χ1) is 12.2. The van der Waals surface area contributed by atoms with Crippen LogP contribution in [0.15, 0.2) is 0 Å². The minimum absolute atomic E-state index is 0. The molecule has 168 valence electrons. The van der Waals surface area contributed by atoms with Crippen molar-refractivity contribution in [2.24, 2.45) is 0 Å². The largest absolute Gasteiger partial charge is 2.00 e. The third-order valence-corrected chi connectivity index (χ3v) is 11.7. The molecule has 0 aliphatic heterocycles. The van der Waals surface area contributed by atoms with Crippen LogP contribution in [0, 0.1) is 0 Å². The predicted octanol–water partition coefficient (Wildman–Crippen LogP) is 5.84. The summed E-state index contributed by atoms with van der Waals surface area (Å²) in [6, 6.07) is 0. The second kappa shape index (κ2) is 23.0. The summed E-state index contributed by atoms with van der Waals surface area (Å²) >= 11 is 12.3. The normalized spacial score (nSPS) is 15.0. The van der Waals surface area contributed by atoms with Crippen molar-refractivity contribution in [3.63, 3.8) is 0 Å². The van der Waals surface area contributed by atoms with E-state index >= 15 is 0 Å². The average molecular weight is 541 g/mol. The molecule has 0 rings (SSSR count). The standard InChI is InChI=1S/2C8H19O2PS2.Ni/c2*1-3-5-7-10-11(9,12)13-8-6-4-2;/h2*3-8H2,1-2H3,(H,9,12);/q;;+2/p-2. The summed E-state index contributed by atoms with van der Waals surface area (Å²) in [5, 5.41) is 0. The molecule has 4 nitrogen and oxygen atoms in total. The molecule has 0 fully saturated rings. The fourth-order valence-corrected chi connectivity index (χ4v) is 8.29. The Morgan fingerprint density at radius 3 is 1.22 bits per heavy atom. The summed E-state index contributed by atoms with van der Waals surface area (Å²) in [6.45, 7) is 9.43. The van der Waals surface area contributed by atoms with Crippen LogP contribution in [0.1, 0.15) is 79.1 Å². The topological polar surface area (TPSA) is 64.6 Å². The van der Waals surface area contributed by atoms with Gasteiger partial charge in [-0.15, -0.1) is 22.8 Å². The van der Waals surface area contributed by atoms with Crippen molar-refractivity contribution in [3.8, 4) is 0 Å². The van der Waals surface area contributed by atoms with Gasteiger partial charge in [-0.2, -0.15) is 0 Å². The molecule has 0 bridgehead atoms. The molecular weight excluding hydrogens is 505 g/mol. The Hall–Kier alpha value is 2.33. The molecule has 27 heavy (non-hydrogen) atoms. The monoisotopic (exact) mass is 540 g/mol. The fourth-order valence-electron chi connectivity index (χ4n) is 1.36. The zero-order valence-electron chi connectivity index (χ0n) is 17.0. The molecule has 0 amide bonds. The molecule has 0 heterocycles. The summed E-state index contributed by atoms with van der Waals surface area (Å²) in [5.41, 5.74) is -5.50. The SMILES string of the molecule is CCCCOP([O-])(=S)SCCCC.CCCCOP([O-])(=S)SCCCC.[Ni+2]. The molecule has 0 aromatic rings. The third kappa shape index (κ3) is 28.3. The van der Waals surface area contributed by atoms with Crippen molar-refractivity contribution in [2.75, 3.05) is 24.7 Å². The Labute approximate surface area is 195 Å². The van der Waals surface area contributed by atoms with Crippen LogP contribution < -0.4 is 9.79 Å². The molecule has 0 aliphatic carbocycles. The maximum atomic E-state index is 11.5. The molecule has 11 heteroatoms. The van der Waals surface area contributed by atoms with E-state index < -0.39 is 11.4 Å². The molecule has 0 N–H and O–H groups in total. The minimum atomic E-state index is -2.75. The maximum absolute atomic E-state index is 11.5. The van der Waals surface area contributed by atoms with Crippen LogP contribution in [0.4, 0.5) is 0 Å². The molecule has 0 radical (unpaired) electrons. The quantitative estimate of drug-likeness (QED) is 0.137. The number of rotatable bonds is 16. The van der Waals surface area contributed by atoms with E-state index in [9.17, 15) is 9.79 Å². The predicted molar refractivity (Wildman–Crippen MR) is 125 cm³/mol. The number of hydrogen-bond donors (Lipinski definition) is 0. The van der Waals surface area contributed by atoms with Crippen LogP contribution >= 0.6 is 34.2 Å². The van der Waals surface area contributed by atoms with Gasteiger partial charge in [0, 0.05) is 11.4 Å². The van der Waals surface area contributed by atoms with E-state index in [1.54, 1.807) is 0 Å². The Kier molecular flexibility index (Phi) is 28.9. The number of unbranched alkanes of at least 4 members (excludes halogenated alkanes) is 4. The van der Waals surface area contributed by atoms with Gasteiger partial charge in [0.15, 0.2) is 0 Å². The summed E-state index contributed by atoms with van der Waals surface area (Å²) in [7, 11) is 0. The van der Waals surface area contributed by atoms with Crippen LogP contribution in [0.25, 0.3) is 0 Å². The van der Waals surface area contributed by atoms with Crippen molar-refractivity contribution in [3.05, 3.63) is 0 Å². The van der Waals surface area contributed by atoms with Crippen LogP contribution in [0.3, 0.4) is 0 Å². The van der Waals surface area contributed by atoms with Gasteiger partial charge in [0.1, 0.15) is 0 Å². The summed E-state index contributed by atoms with van der Waals surface area (Å²) in [4.78, 5) is 23.0. The second-order valence-corrected chi connectivity index (χ2v) is 18.0. The second-order valence-electron chi connectivity index (χ2n) is 5.64. The van der Waals surface area contributed by atoms with Gasteiger partial charge in [0.05, 0.1) is 13.2 Å². The van der Waals surface area contributed by atoms with Gasteiger partial charge in [0.2, 0.25) is 0 Å². The minimum Gasteiger partial charge on any atom is -0.793 e. The van der Waals surface area contributed by atoms with Gasteiger partial charge in [-0.3, -0.25) is 0 Å². The molecule has 2 unspecified atom stereocenters. The van der Waals surface area contributed by atoms with E-state index in [2.05, 4.69) is 27.7 Å². The van der Waals surface area contributed by atoms with E-state index in [1.807, 2.05) is 0 Å². The van der Waals surface area contributed by atoms with Gasteiger partial charge < -0.3 is 18.8 Å². The van der Waals surface area contributed by atoms with Crippen molar-refractivity contribution in [1.29, 1.82) is 0 Å². The molecular formula is C16H36NiO4P2S4. The molecule has 0 saturated heterocycles. The van der Waals surface area contributed by atoms with E-state index in [0.717, 1.165) is 62.9 Å². The van der Waals surface area contributed by atoms with Crippen LogP contribution in [-0.4, -0.2) is 24.7 Å². The van der Waals surface area contributed by atoms with Gasteiger partial charge in [-0.05, 0) is 37.2 Å². The zero-order valence-corrected chi connectivity index (χ0v) is 23.0. The molecule has 0 spiro atoms. The van der Waals surface area contributed by atoms with Gasteiger partial charge in [-0.1, -0.05) is 77.0 Å². The Morgan fingerprint density at radius 1 is 0.667 bits per heavy atom. The van der Waals surface area contributed by atoms with Crippen molar-refractivity contribution in [1.82, 2.24) is 0 Å². The average Bonchev–Trinajstić information content (AvgIpc) is 2.56. The first-order valence-electron chi connectivity index (χ1n) is 9.44. The summed E-state index contributed by atoms with van der Waals surface area (Å²) in [6.07, 6.45) is 8.31. The molecule has 0 aromatic carbocycles. The smallest absolute Gasteiger partial charge is 0.793 e. The van der Waals surface area contributed by atoms with E-state index in [1.165, 1.54) is 22.8 Å². The Bertz CT molecular complexity index is 343.